The predicted octanol–water partition coefficient (Wildman–Crippen LogP) is 2.70. The van der Waals surface area contributed by atoms with Crippen molar-refractivity contribution >= 4 is 5.84 Å². The number of amidine groups is 1. The van der Waals surface area contributed by atoms with E-state index in [2.05, 4.69) is 30.2 Å². The summed E-state index contributed by atoms with van der Waals surface area (Å²) in [5, 5.41) is 0. The number of ether oxygens (including phenoxy) is 1. The fraction of sp³-hybridized carbons (Fsp3) is 0.929. The third-order valence-corrected chi connectivity index (χ3v) is 3.46. The molecule has 0 saturated heterocycles. The molecule has 0 bridgehead atoms. The molecule has 0 aromatic heterocycles. The van der Waals surface area contributed by atoms with E-state index < -0.39 is 0 Å². The molecule has 0 saturated carbocycles. The summed E-state index contributed by atoms with van der Waals surface area (Å²) in [6.45, 7) is 11.8. The van der Waals surface area contributed by atoms with E-state index in [1.165, 1.54) is 38.1 Å². The minimum Gasteiger partial charge on any atom is -0.342 e. The minimum absolute atomic E-state index is 0.784. The lowest BCUT2D eigenvalue weighted by molar-refractivity contribution is -0.560. The average Bonchev–Trinajstić information content (AvgIpc) is 2.75. The normalized spacial score (nSPS) is 16.1. The van der Waals surface area contributed by atoms with Crippen LogP contribution in [0.3, 0.4) is 0 Å². The Morgan fingerprint density at radius 3 is 2.65 bits per heavy atom. The molecule has 1 aliphatic heterocycles. The fourth-order valence-corrected chi connectivity index (χ4v) is 2.43. The zero-order valence-corrected chi connectivity index (χ0v) is 11.9. The molecule has 1 rings (SSSR count). The Morgan fingerprint density at radius 1 is 1.18 bits per heavy atom. The summed E-state index contributed by atoms with van der Waals surface area (Å²) in [5.74, 6) is 1.46. The van der Waals surface area contributed by atoms with Gasteiger partial charge in [-0.3, -0.25) is 4.90 Å². The second kappa shape index (κ2) is 8.51. The highest BCUT2D eigenvalue weighted by atomic mass is 16.5. The Hall–Kier alpha value is -0.570. The van der Waals surface area contributed by atoms with E-state index in [0.717, 1.165) is 32.8 Å². The van der Waals surface area contributed by atoms with Crippen molar-refractivity contribution in [2.75, 3.05) is 33.0 Å². The highest BCUT2D eigenvalue weighted by Crippen LogP contribution is 2.05. The number of rotatable bonds is 9. The van der Waals surface area contributed by atoms with Crippen LogP contribution in [0, 0.1) is 0 Å². The van der Waals surface area contributed by atoms with Crippen LogP contribution in [0.25, 0.3) is 0 Å². The van der Waals surface area contributed by atoms with Crippen LogP contribution in [0.4, 0.5) is 0 Å². The average molecular weight is 241 g/mol. The van der Waals surface area contributed by atoms with E-state index in [1.54, 1.807) is 0 Å². The Kier molecular flexibility index (Phi) is 7.25. The molecule has 17 heavy (non-hydrogen) atoms. The third kappa shape index (κ3) is 4.66. The lowest BCUT2D eigenvalue weighted by Gasteiger charge is -2.09. The number of likely N-dealkylation sites (N-methyl/N-ethyl adjacent to an activating group) is 1. The molecule has 0 spiro atoms. The molecular weight excluding hydrogens is 212 g/mol. The summed E-state index contributed by atoms with van der Waals surface area (Å²) in [7, 11) is 0. The summed E-state index contributed by atoms with van der Waals surface area (Å²) < 4.78 is 8.16. The number of hydrogen-bond acceptors (Lipinski definition) is 2. The van der Waals surface area contributed by atoms with Gasteiger partial charge in [-0.05, 0) is 13.3 Å². The minimum atomic E-state index is 0.784. The van der Waals surface area contributed by atoms with E-state index in [-0.39, 0.29) is 0 Å². The molecule has 0 aliphatic carbocycles. The van der Waals surface area contributed by atoms with Crippen LogP contribution in [-0.2, 0) is 4.74 Å². The van der Waals surface area contributed by atoms with Crippen LogP contribution in [0.5, 0.6) is 0 Å². The molecule has 0 aromatic carbocycles. The smallest absolute Gasteiger partial charge is 0.248 e. The van der Waals surface area contributed by atoms with Crippen molar-refractivity contribution in [1.82, 2.24) is 4.90 Å². The molecule has 0 amide bonds. The van der Waals surface area contributed by atoms with Gasteiger partial charge in [-0.1, -0.05) is 33.1 Å². The van der Waals surface area contributed by atoms with Crippen molar-refractivity contribution in [1.29, 1.82) is 0 Å². The van der Waals surface area contributed by atoms with Gasteiger partial charge >= 0.3 is 0 Å². The van der Waals surface area contributed by atoms with E-state index in [4.69, 9.17) is 4.74 Å². The van der Waals surface area contributed by atoms with Crippen LogP contribution < -0.4 is 0 Å². The van der Waals surface area contributed by atoms with Gasteiger partial charge < -0.3 is 4.74 Å². The molecule has 1 heterocycles. The van der Waals surface area contributed by atoms with Crippen molar-refractivity contribution in [3.05, 3.63) is 0 Å². The van der Waals surface area contributed by atoms with Crippen molar-refractivity contribution in [2.24, 2.45) is 0 Å². The Bertz CT molecular complexity index is 238. The SMILES string of the molecule is CCCCCCOC[N+]1=C(CC)N(CC)CC1. The molecule has 0 unspecified atom stereocenters. The van der Waals surface area contributed by atoms with Gasteiger partial charge in [-0.15, -0.1) is 0 Å². The van der Waals surface area contributed by atoms with Gasteiger partial charge in [-0.25, -0.2) is 4.58 Å². The Balaban J connectivity index is 2.21. The van der Waals surface area contributed by atoms with Gasteiger partial charge in [-0.2, -0.15) is 0 Å². The lowest BCUT2D eigenvalue weighted by Crippen LogP contribution is -2.29. The summed E-state index contributed by atoms with van der Waals surface area (Å²) in [5.41, 5.74) is 0. The maximum atomic E-state index is 5.77. The molecule has 3 heteroatoms. The Labute approximate surface area is 106 Å². The topological polar surface area (TPSA) is 15.5 Å². The molecule has 0 N–H and O–H groups in total. The van der Waals surface area contributed by atoms with Gasteiger partial charge in [0.25, 0.3) is 0 Å². The van der Waals surface area contributed by atoms with Crippen LogP contribution in [0.2, 0.25) is 0 Å². The molecule has 0 radical (unpaired) electrons. The predicted molar refractivity (Wildman–Crippen MR) is 72.6 cm³/mol. The second-order valence-electron chi connectivity index (χ2n) is 4.71. The first-order valence-corrected chi connectivity index (χ1v) is 7.26. The molecule has 1 aliphatic rings. The largest absolute Gasteiger partial charge is 0.342 e. The van der Waals surface area contributed by atoms with Crippen molar-refractivity contribution < 1.29 is 9.31 Å². The summed E-state index contributed by atoms with van der Waals surface area (Å²) in [6, 6.07) is 0. The van der Waals surface area contributed by atoms with Crippen molar-refractivity contribution in [3.63, 3.8) is 0 Å². The van der Waals surface area contributed by atoms with Crippen LogP contribution in [0.15, 0.2) is 0 Å². The van der Waals surface area contributed by atoms with Crippen molar-refractivity contribution in [2.45, 2.75) is 52.9 Å². The first kappa shape index (κ1) is 14.5. The van der Waals surface area contributed by atoms with E-state index >= 15 is 0 Å². The third-order valence-electron chi connectivity index (χ3n) is 3.46. The molecule has 3 nitrogen and oxygen atoms in total. The molecule has 0 atom stereocenters. The Morgan fingerprint density at radius 2 is 2.00 bits per heavy atom. The summed E-state index contributed by atoms with van der Waals surface area (Å²) >= 11 is 0. The molecule has 0 aromatic rings. The fourth-order valence-electron chi connectivity index (χ4n) is 2.43. The number of nitrogens with zero attached hydrogens (tertiary/aromatic N) is 2. The monoisotopic (exact) mass is 241 g/mol. The first-order valence-electron chi connectivity index (χ1n) is 7.26. The molecular formula is C14H29N2O+. The van der Waals surface area contributed by atoms with Gasteiger partial charge in [0.05, 0.1) is 13.2 Å². The first-order chi connectivity index (χ1) is 8.33. The lowest BCUT2D eigenvalue weighted by atomic mass is 10.2. The van der Waals surface area contributed by atoms with E-state index in [0.29, 0.717) is 0 Å². The van der Waals surface area contributed by atoms with E-state index in [1.807, 2.05) is 0 Å². The van der Waals surface area contributed by atoms with Gasteiger partial charge in [0.1, 0.15) is 13.1 Å². The second-order valence-corrected chi connectivity index (χ2v) is 4.71. The van der Waals surface area contributed by atoms with Gasteiger partial charge in [0.2, 0.25) is 5.84 Å². The highest BCUT2D eigenvalue weighted by molar-refractivity contribution is 5.78. The van der Waals surface area contributed by atoms with E-state index in [9.17, 15) is 0 Å². The van der Waals surface area contributed by atoms with Gasteiger partial charge in [0, 0.05) is 6.42 Å². The maximum Gasteiger partial charge on any atom is 0.248 e. The van der Waals surface area contributed by atoms with Crippen LogP contribution >= 0.6 is 0 Å². The summed E-state index contributed by atoms with van der Waals surface area (Å²) in [4.78, 5) is 2.46. The van der Waals surface area contributed by atoms with Crippen LogP contribution in [0.1, 0.15) is 52.9 Å². The van der Waals surface area contributed by atoms with Crippen LogP contribution in [-0.4, -0.2) is 48.3 Å². The van der Waals surface area contributed by atoms with Gasteiger partial charge in [0.15, 0.2) is 6.73 Å². The highest BCUT2D eigenvalue weighted by Gasteiger charge is 2.26. The summed E-state index contributed by atoms with van der Waals surface area (Å²) in [6.07, 6.45) is 6.27. The quantitative estimate of drug-likeness (QED) is 0.455. The number of hydrogen-bond donors (Lipinski definition) is 0. The molecule has 0 fully saturated rings. The van der Waals surface area contributed by atoms with Crippen molar-refractivity contribution in [3.8, 4) is 0 Å². The maximum absolute atomic E-state index is 5.77. The zero-order valence-electron chi connectivity index (χ0n) is 11.9. The number of unbranched alkanes of at least 4 members (excludes halogenated alkanes) is 3. The standard InChI is InChI=1S/C14H29N2O/c1-4-7-8-9-12-17-13-16-11-10-15(6-3)14(16)5-2/h4-13H2,1-3H3/q+1. The molecule has 100 valence electrons. The zero-order chi connectivity index (χ0) is 12.5.